The number of amides is 1. The van der Waals surface area contributed by atoms with Crippen LogP contribution in [0.15, 0.2) is 30.3 Å². The first-order valence-corrected chi connectivity index (χ1v) is 10.8. The highest BCUT2D eigenvalue weighted by molar-refractivity contribution is 7.91. The van der Waals surface area contributed by atoms with Crippen LogP contribution in [0.1, 0.15) is 27.6 Å². The minimum atomic E-state index is -3.58. The third-order valence-electron chi connectivity index (χ3n) is 4.17. The van der Waals surface area contributed by atoms with Gasteiger partial charge >= 0.3 is 0 Å². The molecule has 134 valence electrons. The molecule has 0 bridgehead atoms. The highest BCUT2D eigenvalue weighted by atomic mass is 35.5. The first-order valence-electron chi connectivity index (χ1n) is 7.49. The van der Waals surface area contributed by atoms with E-state index in [-0.39, 0.29) is 46.6 Å². The highest BCUT2D eigenvalue weighted by Crippen LogP contribution is 2.34. The Morgan fingerprint density at radius 2 is 1.96 bits per heavy atom. The van der Waals surface area contributed by atoms with Crippen molar-refractivity contribution in [3.8, 4) is 0 Å². The monoisotopic (exact) mass is 421 g/mol. The van der Waals surface area contributed by atoms with E-state index in [9.17, 15) is 17.6 Å². The minimum absolute atomic E-state index is 0.0376. The summed E-state index contributed by atoms with van der Waals surface area (Å²) in [6.07, 6.45) is 0.129. The summed E-state index contributed by atoms with van der Waals surface area (Å²) in [5.74, 6) is -1.14. The van der Waals surface area contributed by atoms with E-state index < -0.39 is 20.9 Å². The highest BCUT2D eigenvalue weighted by Gasteiger charge is 2.34. The maximum Gasteiger partial charge on any atom is 0.256 e. The second-order valence-corrected chi connectivity index (χ2v) is 10.3. The summed E-state index contributed by atoms with van der Waals surface area (Å²) < 4.78 is 39.9. The number of halogens is 3. The summed E-state index contributed by atoms with van der Waals surface area (Å²) in [4.78, 5) is 14.1. The van der Waals surface area contributed by atoms with E-state index >= 15 is 0 Å². The van der Waals surface area contributed by atoms with Crippen molar-refractivity contribution in [2.45, 2.75) is 11.7 Å². The molecule has 1 aromatic carbocycles. The van der Waals surface area contributed by atoms with Crippen LogP contribution in [0.2, 0.25) is 8.67 Å². The molecule has 0 radical (unpaired) electrons. The number of carbonyl (C=O) groups excluding carboxylic acids is 1. The zero-order valence-corrected chi connectivity index (χ0v) is 16.1. The van der Waals surface area contributed by atoms with Crippen molar-refractivity contribution in [3.63, 3.8) is 0 Å². The second-order valence-electron chi connectivity index (χ2n) is 5.70. The summed E-state index contributed by atoms with van der Waals surface area (Å²) in [6.45, 7) is 0.233. The molecule has 0 saturated carbocycles. The molecule has 1 aromatic heterocycles. The van der Waals surface area contributed by atoms with Gasteiger partial charge < -0.3 is 4.90 Å². The van der Waals surface area contributed by atoms with Gasteiger partial charge in [-0.25, -0.2) is 12.8 Å². The Labute approximate surface area is 159 Å². The molecule has 1 aliphatic rings. The molecular formula is C16H14Cl2FNO3S2. The standard InChI is InChI=1S/C16H14Cl2FNO3S2/c17-14-9-11(15(18)24-14)16(21)20-6-5-13(25(22,23)8-7-20)10-3-1-2-4-12(10)19/h1-4,9,13H,5-8H2/t13-/m1/s1. The predicted molar refractivity (Wildman–Crippen MR) is 97.8 cm³/mol. The zero-order valence-electron chi connectivity index (χ0n) is 12.9. The van der Waals surface area contributed by atoms with Gasteiger partial charge in [0, 0.05) is 18.7 Å². The molecule has 1 fully saturated rings. The van der Waals surface area contributed by atoms with E-state index in [1.807, 2.05) is 0 Å². The second kappa shape index (κ2) is 7.23. The summed E-state index contributed by atoms with van der Waals surface area (Å²) >= 11 is 13.0. The molecular weight excluding hydrogens is 408 g/mol. The average Bonchev–Trinajstić information content (AvgIpc) is 2.80. The number of nitrogens with zero attached hydrogens (tertiary/aromatic N) is 1. The fraction of sp³-hybridized carbons (Fsp3) is 0.312. The molecule has 2 heterocycles. The van der Waals surface area contributed by atoms with Crippen molar-refractivity contribution in [3.05, 3.63) is 55.9 Å². The average molecular weight is 422 g/mol. The molecule has 0 N–H and O–H groups in total. The normalized spacial score (nSPS) is 20.3. The maximum absolute atomic E-state index is 14.1. The molecule has 1 saturated heterocycles. The molecule has 1 atom stereocenters. The van der Waals surface area contributed by atoms with Gasteiger partial charge in [-0.3, -0.25) is 4.79 Å². The van der Waals surface area contributed by atoms with Gasteiger partial charge in [-0.05, 0) is 18.6 Å². The number of rotatable bonds is 2. The van der Waals surface area contributed by atoms with E-state index in [4.69, 9.17) is 23.2 Å². The number of benzene rings is 1. The molecule has 25 heavy (non-hydrogen) atoms. The van der Waals surface area contributed by atoms with Crippen molar-refractivity contribution >= 4 is 50.3 Å². The Kier molecular flexibility index (Phi) is 5.39. The number of sulfone groups is 1. The minimum Gasteiger partial charge on any atom is -0.338 e. The third kappa shape index (κ3) is 3.84. The molecule has 0 unspecified atom stereocenters. The molecule has 1 amide bonds. The van der Waals surface area contributed by atoms with Crippen LogP contribution >= 0.6 is 34.5 Å². The van der Waals surface area contributed by atoms with E-state index in [1.54, 1.807) is 6.07 Å². The SMILES string of the molecule is O=C(c1cc(Cl)sc1Cl)N1CC[C@H](c2ccccc2F)S(=O)(=O)CC1. The number of carbonyl (C=O) groups is 1. The fourth-order valence-electron chi connectivity index (χ4n) is 2.89. The lowest BCUT2D eigenvalue weighted by molar-refractivity contribution is 0.0767. The number of hydrogen-bond acceptors (Lipinski definition) is 4. The summed E-state index contributed by atoms with van der Waals surface area (Å²) in [5.41, 5.74) is 0.409. The van der Waals surface area contributed by atoms with Crippen LogP contribution in [-0.2, 0) is 9.84 Å². The van der Waals surface area contributed by atoms with Gasteiger partial charge in [0.05, 0.1) is 20.9 Å². The number of thiophene rings is 1. The Balaban J connectivity index is 1.87. The van der Waals surface area contributed by atoms with Gasteiger partial charge in [-0.15, -0.1) is 11.3 Å². The van der Waals surface area contributed by atoms with Crippen LogP contribution in [0.25, 0.3) is 0 Å². The largest absolute Gasteiger partial charge is 0.338 e. The lowest BCUT2D eigenvalue weighted by Crippen LogP contribution is -2.33. The lowest BCUT2D eigenvalue weighted by atomic mass is 10.1. The van der Waals surface area contributed by atoms with E-state index in [1.165, 1.54) is 29.2 Å². The lowest BCUT2D eigenvalue weighted by Gasteiger charge is -2.19. The van der Waals surface area contributed by atoms with E-state index in [2.05, 4.69) is 0 Å². The van der Waals surface area contributed by atoms with Crippen LogP contribution in [0.5, 0.6) is 0 Å². The quantitative estimate of drug-likeness (QED) is 0.729. The molecule has 0 aliphatic carbocycles. The molecule has 4 nitrogen and oxygen atoms in total. The van der Waals surface area contributed by atoms with Crippen LogP contribution in [0.3, 0.4) is 0 Å². The van der Waals surface area contributed by atoms with Gasteiger partial charge in [-0.2, -0.15) is 0 Å². The predicted octanol–water partition coefficient (Wildman–Crippen LogP) is 4.20. The van der Waals surface area contributed by atoms with Crippen molar-refractivity contribution in [2.24, 2.45) is 0 Å². The third-order valence-corrected chi connectivity index (χ3v) is 7.76. The Hall–Kier alpha value is -1.15. The van der Waals surface area contributed by atoms with Crippen molar-refractivity contribution in [2.75, 3.05) is 18.8 Å². The molecule has 0 spiro atoms. The maximum atomic E-state index is 14.1. The van der Waals surface area contributed by atoms with Crippen molar-refractivity contribution in [1.82, 2.24) is 4.90 Å². The Morgan fingerprint density at radius 3 is 2.60 bits per heavy atom. The van der Waals surface area contributed by atoms with Crippen LogP contribution in [-0.4, -0.2) is 38.1 Å². The van der Waals surface area contributed by atoms with Crippen molar-refractivity contribution < 1.29 is 17.6 Å². The first-order chi connectivity index (χ1) is 11.8. The van der Waals surface area contributed by atoms with E-state index in [0.29, 0.717) is 4.34 Å². The summed E-state index contributed by atoms with van der Waals surface area (Å²) in [5, 5.41) is -0.965. The number of hydrogen-bond donors (Lipinski definition) is 0. The molecule has 1 aliphatic heterocycles. The molecule has 2 aromatic rings. The summed E-state index contributed by atoms with van der Waals surface area (Å²) in [6, 6.07) is 7.32. The Morgan fingerprint density at radius 1 is 1.24 bits per heavy atom. The van der Waals surface area contributed by atoms with Crippen molar-refractivity contribution in [1.29, 1.82) is 0 Å². The molecule has 9 heteroatoms. The van der Waals surface area contributed by atoms with Gasteiger partial charge in [0.15, 0.2) is 9.84 Å². The summed E-state index contributed by atoms with van der Waals surface area (Å²) in [7, 11) is -3.58. The topological polar surface area (TPSA) is 54.5 Å². The van der Waals surface area contributed by atoms with Crippen LogP contribution in [0.4, 0.5) is 4.39 Å². The zero-order chi connectivity index (χ0) is 18.2. The van der Waals surface area contributed by atoms with Crippen LogP contribution < -0.4 is 0 Å². The van der Waals surface area contributed by atoms with Gasteiger partial charge in [0.1, 0.15) is 10.2 Å². The molecule has 3 rings (SSSR count). The van der Waals surface area contributed by atoms with Gasteiger partial charge in [-0.1, -0.05) is 41.4 Å². The van der Waals surface area contributed by atoms with Gasteiger partial charge in [0.25, 0.3) is 5.91 Å². The fourth-order valence-corrected chi connectivity index (χ4v) is 6.14. The van der Waals surface area contributed by atoms with Crippen LogP contribution in [0, 0.1) is 5.82 Å². The smallest absolute Gasteiger partial charge is 0.256 e. The van der Waals surface area contributed by atoms with Gasteiger partial charge in [0.2, 0.25) is 0 Å². The first kappa shape index (κ1) is 18.6. The Bertz CT molecular complexity index is 914. The van der Waals surface area contributed by atoms with E-state index in [0.717, 1.165) is 11.3 Å².